The molecule has 21 heavy (non-hydrogen) atoms. The summed E-state index contributed by atoms with van der Waals surface area (Å²) in [6, 6.07) is 1.34. The molecule has 1 saturated heterocycles. The van der Waals surface area contributed by atoms with Crippen molar-refractivity contribution in [2.75, 3.05) is 13.1 Å². The average molecular weight is 372 g/mol. The molecule has 1 aromatic rings. The molecule has 0 radical (unpaired) electrons. The van der Waals surface area contributed by atoms with E-state index >= 15 is 0 Å². The van der Waals surface area contributed by atoms with E-state index in [2.05, 4.69) is 0 Å². The quantitative estimate of drug-likeness (QED) is 0.880. The van der Waals surface area contributed by atoms with Crippen LogP contribution in [0.15, 0.2) is 11.0 Å². The third-order valence-electron chi connectivity index (χ3n) is 4.05. The van der Waals surface area contributed by atoms with Gasteiger partial charge >= 0.3 is 5.97 Å². The summed E-state index contributed by atoms with van der Waals surface area (Å²) in [5.41, 5.74) is -0.831. The lowest BCUT2D eigenvalue weighted by atomic mass is 9.77. The van der Waals surface area contributed by atoms with Gasteiger partial charge in [0.05, 0.1) is 9.75 Å². The molecule has 0 amide bonds. The normalized spacial score (nSPS) is 19.6. The molecule has 0 saturated carbocycles. The summed E-state index contributed by atoms with van der Waals surface area (Å²) in [5.74, 6) is -0.862. The van der Waals surface area contributed by atoms with Gasteiger partial charge in [0, 0.05) is 13.1 Å². The van der Waals surface area contributed by atoms with Gasteiger partial charge in [0.15, 0.2) is 0 Å². The van der Waals surface area contributed by atoms with Gasteiger partial charge in [-0.15, -0.1) is 11.3 Å². The summed E-state index contributed by atoms with van der Waals surface area (Å²) in [6.45, 7) is 2.16. The lowest BCUT2D eigenvalue weighted by Crippen LogP contribution is -2.46. The largest absolute Gasteiger partial charge is 0.481 e. The number of halogens is 2. The van der Waals surface area contributed by atoms with Crippen molar-refractivity contribution >= 4 is 50.5 Å². The summed E-state index contributed by atoms with van der Waals surface area (Å²) in [7, 11) is -3.72. The van der Waals surface area contributed by atoms with Crippen molar-refractivity contribution in [3.05, 3.63) is 14.7 Å². The SMILES string of the molecule is CCC1(C(=O)O)CCN(S(=O)(=O)c2cc(Cl)sc2Cl)CC1. The molecule has 9 heteroatoms. The second-order valence-corrected chi connectivity index (χ2v) is 9.22. The number of piperidine rings is 1. The predicted octanol–water partition coefficient (Wildman–Crippen LogP) is 3.32. The van der Waals surface area contributed by atoms with Crippen LogP contribution >= 0.6 is 34.5 Å². The van der Waals surface area contributed by atoms with Crippen molar-refractivity contribution in [2.24, 2.45) is 5.41 Å². The minimum atomic E-state index is -3.72. The van der Waals surface area contributed by atoms with Gasteiger partial charge in [0.1, 0.15) is 9.23 Å². The fraction of sp³-hybridized carbons (Fsp3) is 0.583. The number of nitrogens with zero attached hydrogens (tertiary/aromatic N) is 1. The van der Waals surface area contributed by atoms with Crippen molar-refractivity contribution in [3.8, 4) is 0 Å². The summed E-state index contributed by atoms with van der Waals surface area (Å²) in [5, 5.41) is 9.34. The number of aliphatic carboxylic acids is 1. The molecule has 1 aromatic heterocycles. The maximum absolute atomic E-state index is 12.5. The van der Waals surface area contributed by atoms with Gasteiger partial charge in [-0.2, -0.15) is 4.31 Å². The van der Waals surface area contributed by atoms with Crippen LogP contribution in [0, 0.1) is 5.41 Å². The first-order valence-electron chi connectivity index (χ1n) is 6.41. The van der Waals surface area contributed by atoms with Crippen molar-refractivity contribution in [2.45, 2.75) is 31.1 Å². The first kappa shape index (κ1) is 17.0. The van der Waals surface area contributed by atoms with Gasteiger partial charge in [-0.1, -0.05) is 30.1 Å². The van der Waals surface area contributed by atoms with E-state index in [4.69, 9.17) is 23.2 Å². The van der Waals surface area contributed by atoms with Crippen LogP contribution in [0.4, 0.5) is 0 Å². The van der Waals surface area contributed by atoms with E-state index in [0.29, 0.717) is 23.6 Å². The van der Waals surface area contributed by atoms with E-state index in [1.807, 2.05) is 6.92 Å². The highest BCUT2D eigenvalue weighted by molar-refractivity contribution is 7.89. The van der Waals surface area contributed by atoms with Gasteiger partial charge < -0.3 is 5.11 Å². The molecule has 118 valence electrons. The first-order chi connectivity index (χ1) is 9.73. The zero-order valence-corrected chi connectivity index (χ0v) is 14.4. The maximum Gasteiger partial charge on any atom is 0.309 e. The third-order valence-corrected chi connectivity index (χ3v) is 7.70. The van der Waals surface area contributed by atoms with Gasteiger partial charge in [-0.25, -0.2) is 8.42 Å². The molecule has 0 spiro atoms. The molecule has 0 unspecified atom stereocenters. The minimum absolute atomic E-state index is 0.00140. The average Bonchev–Trinajstić information content (AvgIpc) is 2.78. The Morgan fingerprint density at radius 3 is 2.38 bits per heavy atom. The number of thiophene rings is 1. The number of carbonyl (C=O) groups is 1. The third kappa shape index (κ3) is 3.07. The predicted molar refractivity (Wildman–Crippen MR) is 82.7 cm³/mol. The second kappa shape index (κ2) is 6.04. The molecule has 1 aliphatic rings. The highest BCUT2D eigenvalue weighted by Gasteiger charge is 2.43. The van der Waals surface area contributed by atoms with Crippen LogP contribution < -0.4 is 0 Å². The molecule has 1 aliphatic heterocycles. The molecule has 1 fully saturated rings. The Labute approximate surface area is 137 Å². The van der Waals surface area contributed by atoms with E-state index in [9.17, 15) is 18.3 Å². The summed E-state index contributed by atoms with van der Waals surface area (Å²) in [4.78, 5) is 11.4. The van der Waals surface area contributed by atoms with Crippen molar-refractivity contribution in [3.63, 3.8) is 0 Å². The molecule has 5 nitrogen and oxygen atoms in total. The van der Waals surface area contributed by atoms with Gasteiger partial charge in [0.2, 0.25) is 10.0 Å². The monoisotopic (exact) mass is 371 g/mol. The Morgan fingerprint density at radius 1 is 1.43 bits per heavy atom. The number of carboxylic acid groups (broad SMARTS) is 1. The zero-order chi connectivity index (χ0) is 15.8. The molecular weight excluding hydrogens is 357 g/mol. The highest BCUT2D eigenvalue weighted by atomic mass is 35.5. The van der Waals surface area contributed by atoms with E-state index in [1.165, 1.54) is 10.4 Å². The molecule has 0 bridgehead atoms. The van der Waals surface area contributed by atoms with E-state index in [-0.39, 0.29) is 22.3 Å². The van der Waals surface area contributed by atoms with E-state index < -0.39 is 21.4 Å². The fourth-order valence-corrected chi connectivity index (χ4v) is 6.07. The van der Waals surface area contributed by atoms with Gasteiger partial charge in [-0.3, -0.25) is 4.79 Å². The van der Waals surface area contributed by atoms with Gasteiger partial charge in [0.25, 0.3) is 0 Å². The van der Waals surface area contributed by atoms with Crippen molar-refractivity contribution < 1.29 is 18.3 Å². The van der Waals surface area contributed by atoms with Crippen LogP contribution in [-0.4, -0.2) is 36.9 Å². The van der Waals surface area contributed by atoms with Crippen LogP contribution in [0.3, 0.4) is 0 Å². The standard InChI is InChI=1S/C12H15Cl2NO4S2/c1-2-12(11(16)17)3-5-15(6-4-12)21(18,19)8-7-9(13)20-10(8)14/h7H,2-6H2,1H3,(H,16,17). The van der Waals surface area contributed by atoms with Crippen LogP contribution in [0.1, 0.15) is 26.2 Å². The van der Waals surface area contributed by atoms with Crippen LogP contribution in [0.5, 0.6) is 0 Å². The smallest absolute Gasteiger partial charge is 0.309 e. The van der Waals surface area contributed by atoms with Crippen LogP contribution in [-0.2, 0) is 14.8 Å². The Hall–Kier alpha value is -0.340. The number of carboxylic acids is 1. The van der Waals surface area contributed by atoms with E-state index in [1.54, 1.807) is 0 Å². The number of hydrogen-bond donors (Lipinski definition) is 1. The molecular formula is C12H15Cl2NO4S2. The van der Waals surface area contributed by atoms with Crippen LogP contribution in [0.2, 0.25) is 8.67 Å². The fourth-order valence-electron chi connectivity index (χ4n) is 2.51. The Balaban J connectivity index is 2.22. The number of rotatable bonds is 4. The highest BCUT2D eigenvalue weighted by Crippen LogP contribution is 2.40. The lowest BCUT2D eigenvalue weighted by Gasteiger charge is -2.37. The summed E-state index contributed by atoms with van der Waals surface area (Å²) in [6.07, 6.45) is 1.09. The Morgan fingerprint density at radius 2 is 2.00 bits per heavy atom. The topological polar surface area (TPSA) is 74.7 Å². The Bertz CT molecular complexity index is 648. The minimum Gasteiger partial charge on any atom is -0.481 e. The van der Waals surface area contributed by atoms with Crippen molar-refractivity contribution in [1.82, 2.24) is 4.31 Å². The second-order valence-electron chi connectivity index (χ2n) is 5.03. The molecule has 2 rings (SSSR count). The van der Waals surface area contributed by atoms with Crippen LogP contribution in [0.25, 0.3) is 0 Å². The molecule has 0 aromatic carbocycles. The lowest BCUT2D eigenvalue weighted by molar-refractivity contribution is -0.151. The number of sulfonamides is 1. The van der Waals surface area contributed by atoms with Gasteiger partial charge in [-0.05, 0) is 25.3 Å². The zero-order valence-electron chi connectivity index (χ0n) is 11.3. The van der Waals surface area contributed by atoms with E-state index in [0.717, 1.165) is 11.3 Å². The number of hydrogen-bond acceptors (Lipinski definition) is 4. The molecule has 0 aliphatic carbocycles. The molecule has 2 heterocycles. The molecule has 1 N–H and O–H groups in total. The Kier molecular flexibility index (Phi) is 4.90. The molecule has 0 atom stereocenters. The first-order valence-corrected chi connectivity index (χ1v) is 9.42. The van der Waals surface area contributed by atoms with Crippen molar-refractivity contribution in [1.29, 1.82) is 0 Å². The summed E-state index contributed by atoms with van der Waals surface area (Å²) >= 11 is 12.7. The summed E-state index contributed by atoms with van der Waals surface area (Å²) < 4.78 is 26.8. The maximum atomic E-state index is 12.5.